The van der Waals surface area contributed by atoms with Crippen LogP contribution in [0.15, 0.2) is 30.4 Å². The van der Waals surface area contributed by atoms with Crippen molar-refractivity contribution in [3.05, 3.63) is 47.3 Å². The van der Waals surface area contributed by atoms with Gasteiger partial charge in [0.1, 0.15) is 11.9 Å². The topological polar surface area (TPSA) is 138 Å². The molecule has 2 rings (SSSR count). The fraction of sp³-hybridized carbons (Fsp3) is 0.594. The van der Waals surface area contributed by atoms with Crippen LogP contribution in [0, 0.1) is 11.7 Å². The van der Waals surface area contributed by atoms with E-state index in [2.05, 4.69) is 5.32 Å². The number of rotatable bonds is 14. The van der Waals surface area contributed by atoms with E-state index in [9.17, 15) is 41.5 Å². The minimum Gasteiger partial charge on any atom is -0.455 e. The molecule has 1 saturated heterocycles. The molecule has 1 fully saturated rings. The maximum absolute atomic E-state index is 13.8. The van der Waals surface area contributed by atoms with Crippen LogP contribution in [0.4, 0.5) is 17.6 Å². The molecule has 1 heterocycles. The third-order valence-electron chi connectivity index (χ3n) is 7.44. The van der Waals surface area contributed by atoms with Gasteiger partial charge in [0.25, 0.3) is 5.91 Å². The first-order chi connectivity index (χ1) is 22.0. The highest BCUT2D eigenvalue weighted by Gasteiger charge is 2.45. The first-order valence-corrected chi connectivity index (χ1v) is 15.2. The molecule has 0 spiro atoms. The summed E-state index contributed by atoms with van der Waals surface area (Å²) in [7, 11) is 1.12. The summed E-state index contributed by atoms with van der Waals surface area (Å²) in [6.07, 6.45) is -6.19. The molecule has 1 N–H and O–H groups in total. The Morgan fingerprint density at radius 1 is 1.00 bits per heavy atom. The molecule has 1 aliphatic heterocycles. The molecule has 0 radical (unpaired) electrons. The van der Waals surface area contributed by atoms with Crippen molar-refractivity contribution in [3.8, 4) is 0 Å². The average Bonchev–Trinajstić information content (AvgIpc) is 3.14. The Morgan fingerprint density at radius 2 is 1.62 bits per heavy atom. The number of alkyl halides is 3. The second kappa shape index (κ2) is 17.8. The Bertz CT molecular complexity index is 1300. The predicted octanol–water partition coefficient (Wildman–Crippen LogP) is 4.25. The molecule has 6 atom stereocenters. The van der Waals surface area contributed by atoms with Crippen molar-refractivity contribution in [1.82, 2.24) is 10.2 Å². The summed E-state index contributed by atoms with van der Waals surface area (Å²) in [4.78, 5) is 64.9. The van der Waals surface area contributed by atoms with Crippen LogP contribution >= 0.6 is 0 Å². The van der Waals surface area contributed by atoms with Crippen LogP contribution in [0.25, 0.3) is 0 Å². The third-order valence-corrected chi connectivity index (χ3v) is 7.44. The Hall–Kier alpha value is -4.01. The normalized spacial score (nSPS) is 18.8. The van der Waals surface area contributed by atoms with Crippen LogP contribution in [-0.2, 0) is 55.6 Å². The Balaban J connectivity index is 2.41. The van der Waals surface area contributed by atoms with Gasteiger partial charge in [0.2, 0.25) is 5.91 Å². The molecule has 0 aliphatic carbocycles. The molecule has 47 heavy (non-hydrogen) atoms. The van der Waals surface area contributed by atoms with Gasteiger partial charge in [-0.3, -0.25) is 24.0 Å². The number of allylic oxidation sites excluding steroid dienone is 1. The van der Waals surface area contributed by atoms with E-state index in [0.717, 1.165) is 40.4 Å². The molecule has 0 aromatic heterocycles. The van der Waals surface area contributed by atoms with Crippen molar-refractivity contribution in [1.29, 1.82) is 0 Å². The van der Waals surface area contributed by atoms with Crippen LogP contribution in [0.3, 0.4) is 0 Å². The number of esters is 3. The molecule has 15 heteroatoms. The molecular formula is C32H42F4N2O9. The molecule has 11 nitrogen and oxygen atoms in total. The highest BCUT2D eigenvalue weighted by molar-refractivity contribution is 5.90. The van der Waals surface area contributed by atoms with Gasteiger partial charge in [0.05, 0.1) is 5.56 Å². The molecule has 1 aromatic rings. The van der Waals surface area contributed by atoms with Gasteiger partial charge in [-0.2, -0.15) is 13.2 Å². The monoisotopic (exact) mass is 674 g/mol. The Labute approximate surface area is 270 Å². The summed E-state index contributed by atoms with van der Waals surface area (Å²) in [5.41, 5.74) is -1.43. The largest absolute Gasteiger partial charge is 0.455 e. The van der Waals surface area contributed by atoms with Gasteiger partial charge in [-0.05, 0) is 49.0 Å². The zero-order chi connectivity index (χ0) is 35.5. The minimum atomic E-state index is -4.94. The van der Waals surface area contributed by atoms with Crippen molar-refractivity contribution < 1.29 is 60.5 Å². The second-order valence-electron chi connectivity index (χ2n) is 11.3. The molecule has 0 bridgehead atoms. The lowest BCUT2D eigenvalue weighted by Gasteiger charge is -2.34. The molecule has 2 amide bonds. The lowest BCUT2D eigenvalue weighted by molar-refractivity contribution is -0.192. The number of amides is 2. The summed E-state index contributed by atoms with van der Waals surface area (Å²) >= 11 is 0. The molecule has 2 unspecified atom stereocenters. The number of halogens is 4. The highest BCUT2D eigenvalue weighted by Crippen LogP contribution is 2.32. The number of hydrogen-bond acceptors (Lipinski definition) is 9. The van der Waals surface area contributed by atoms with Gasteiger partial charge < -0.3 is 29.2 Å². The van der Waals surface area contributed by atoms with E-state index in [1.54, 1.807) is 6.08 Å². The molecular weight excluding hydrogens is 632 g/mol. The van der Waals surface area contributed by atoms with E-state index in [4.69, 9.17) is 18.9 Å². The number of benzene rings is 1. The lowest BCUT2D eigenvalue weighted by Crippen LogP contribution is -2.58. The molecule has 0 saturated carbocycles. The van der Waals surface area contributed by atoms with E-state index in [1.807, 2.05) is 13.8 Å². The third kappa shape index (κ3) is 11.9. The standard InChI is InChI=1S/C32H42F4N2O9/c1-7-18(2)11-14-26(45-19(3)39)27(46-20(4)40)28(47-21(5)41)29(44-6)30(42)37-25-10-8-9-15-38(31(25)43)17-22-12-13-24(33)23(16-22)32(34,35)36/h11-14,16,18,25-29H,7-10,15,17H2,1-6H3,(H,37,42)/t18?,25?,26-,27+,28-,29-/m1/s1. The van der Waals surface area contributed by atoms with Gasteiger partial charge in [0.15, 0.2) is 24.4 Å². The quantitative estimate of drug-likeness (QED) is 0.133. The van der Waals surface area contributed by atoms with E-state index < -0.39 is 77.7 Å². The summed E-state index contributed by atoms with van der Waals surface area (Å²) in [6.45, 7) is 6.92. The van der Waals surface area contributed by atoms with Crippen molar-refractivity contribution in [3.63, 3.8) is 0 Å². The van der Waals surface area contributed by atoms with E-state index in [0.29, 0.717) is 25.0 Å². The second-order valence-corrected chi connectivity index (χ2v) is 11.3. The van der Waals surface area contributed by atoms with Crippen LogP contribution in [-0.4, -0.2) is 78.7 Å². The summed E-state index contributed by atoms with van der Waals surface area (Å²) in [5, 5.41) is 2.57. The van der Waals surface area contributed by atoms with Gasteiger partial charge in [-0.25, -0.2) is 4.39 Å². The zero-order valence-electron chi connectivity index (χ0n) is 27.2. The van der Waals surface area contributed by atoms with Crippen LogP contribution in [0.5, 0.6) is 0 Å². The fourth-order valence-corrected chi connectivity index (χ4v) is 5.00. The average molecular weight is 675 g/mol. The maximum atomic E-state index is 13.8. The SMILES string of the molecule is CCC(C)C=C[C@@H](OC(C)=O)[C@H](OC(C)=O)[C@@H](OC(C)=O)[C@@H](OC)C(=O)NC1CCCCN(Cc2ccc(F)c(C(F)(F)F)c2)C1=O. The number of ether oxygens (including phenoxy) is 4. The number of methoxy groups -OCH3 is 1. The van der Waals surface area contributed by atoms with Gasteiger partial charge in [-0.15, -0.1) is 0 Å². The van der Waals surface area contributed by atoms with Crippen molar-refractivity contribution in [2.24, 2.45) is 5.92 Å². The zero-order valence-corrected chi connectivity index (χ0v) is 27.2. The van der Waals surface area contributed by atoms with Gasteiger partial charge >= 0.3 is 24.1 Å². The highest BCUT2D eigenvalue weighted by atomic mass is 19.4. The summed E-state index contributed by atoms with van der Waals surface area (Å²) in [6, 6.07) is 1.30. The number of nitrogens with zero attached hydrogens (tertiary/aromatic N) is 1. The van der Waals surface area contributed by atoms with Gasteiger partial charge in [0, 0.05) is 41.0 Å². The number of carbonyl (C=O) groups is 5. The number of likely N-dealkylation sites (tertiary alicyclic amines) is 1. The number of carbonyl (C=O) groups excluding carboxylic acids is 5. The molecule has 1 aromatic carbocycles. The van der Waals surface area contributed by atoms with E-state index in [1.165, 1.54) is 11.0 Å². The summed E-state index contributed by atoms with van der Waals surface area (Å²) < 4.78 is 75.3. The van der Waals surface area contributed by atoms with Gasteiger partial charge in [-0.1, -0.05) is 32.4 Å². The maximum Gasteiger partial charge on any atom is 0.419 e. The van der Waals surface area contributed by atoms with Crippen LogP contribution in [0.1, 0.15) is 71.4 Å². The summed E-state index contributed by atoms with van der Waals surface area (Å²) in [5.74, 6) is -5.47. The first kappa shape index (κ1) is 39.2. The first-order valence-electron chi connectivity index (χ1n) is 15.2. The fourth-order valence-electron chi connectivity index (χ4n) is 5.00. The predicted molar refractivity (Wildman–Crippen MR) is 159 cm³/mol. The Kier molecular flexibility index (Phi) is 14.8. The van der Waals surface area contributed by atoms with E-state index in [-0.39, 0.29) is 31.0 Å². The number of hydrogen-bond donors (Lipinski definition) is 1. The van der Waals surface area contributed by atoms with Crippen molar-refractivity contribution in [2.75, 3.05) is 13.7 Å². The smallest absolute Gasteiger partial charge is 0.419 e. The number of nitrogens with one attached hydrogen (secondary N) is 1. The Morgan fingerprint density at radius 3 is 2.17 bits per heavy atom. The van der Waals surface area contributed by atoms with Crippen LogP contribution in [0.2, 0.25) is 0 Å². The van der Waals surface area contributed by atoms with Crippen molar-refractivity contribution in [2.45, 2.75) is 103 Å². The lowest BCUT2D eigenvalue weighted by atomic mass is 9.98. The minimum absolute atomic E-state index is 0.0129. The van der Waals surface area contributed by atoms with Crippen molar-refractivity contribution >= 4 is 29.7 Å². The van der Waals surface area contributed by atoms with Crippen LogP contribution < -0.4 is 5.32 Å². The molecule has 1 aliphatic rings. The molecule has 262 valence electrons. The van der Waals surface area contributed by atoms with E-state index >= 15 is 0 Å².